The van der Waals surface area contributed by atoms with Gasteiger partial charge in [-0.3, -0.25) is 9.69 Å². The van der Waals surface area contributed by atoms with Crippen LogP contribution in [0, 0.1) is 12.7 Å². The first-order valence-corrected chi connectivity index (χ1v) is 11.8. The normalized spacial score (nSPS) is 22.5. The van der Waals surface area contributed by atoms with Gasteiger partial charge in [-0.05, 0) is 38.9 Å². The van der Waals surface area contributed by atoms with E-state index in [0.717, 1.165) is 17.7 Å². The van der Waals surface area contributed by atoms with Gasteiger partial charge in [0.05, 0.1) is 47.3 Å². The highest BCUT2D eigenvalue weighted by molar-refractivity contribution is 6.31. The molecule has 5 rings (SSSR count). The minimum absolute atomic E-state index is 0.0377. The summed E-state index contributed by atoms with van der Waals surface area (Å²) in [5.41, 5.74) is 3.18. The van der Waals surface area contributed by atoms with Crippen molar-refractivity contribution in [3.63, 3.8) is 0 Å². The molecule has 2 aromatic heterocycles. The lowest BCUT2D eigenvalue weighted by Gasteiger charge is -2.26. The molecule has 3 aromatic rings. The Bertz CT molecular complexity index is 1270. The molecule has 2 aliphatic rings. The molecular weight excluding hydrogens is 464 g/mol. The standard InChI is InChI=1S/C24H26ClF2N5O2/c1-4-15-8-19(27)21(30(15)3)12-34-22-7-14(26)5-6-16(22)24(33)31-9-17-20(11-31)29-32-10-18(25)13(2)28-23(17)32/h5-7,10,15,19,21H,4,8-9,11-12H2,1-3H3. The van der Waals surface area contributed by atoms with Crippen LogP contribution in [0.3, 0.4) is 0 Å². The van der Waals surface area contributed by atoms with E-state index >= 15 is 0 Å². The molecule has 2 aliphatic heterocycles. The third-order valence-corrected chi connectivity index (χ3v) is 7.34. The molecule has 7 nitrogen and oxygen atoms in total. The van der Waals surface area contributed by atoms with E-state index in [2.05, 4.69) is 10.1 Å². The molecular formula is C24H26ClF2N5O2. The van der Waals surface area contributed by atoms with Crippen LogP contribution in [0.4, 0.5) is 8.78 Å². The maximum atomic E-state index is 14.6. The second-order valence-electron chi connectivity index (χ2n) is 9.03. The molecule has 3 atom stereocenters. The van der Waals surface area contributed by atoms with Crippen LogP contribution in [-0.2, 0) is 13.1 Å². The van der Waals surface area contributed by atoms with Crippen LogP contribution in [-0.4, -0.2) is 62.2 Å². The Hall–Kier alpha value is -2.78. The van der Waals surface area contributed by atoms with Crippen LogP contribution in [0.2, 0.25) is 5.02 Å². The Labute approximate surface area is 201 Å². The zero-order valence-electron chi connectivity index (χ0n) is 19.3. The average Bonchev–Trinajstić information content (AvgIpc) is 3.44. The number of fused-ring (bicyclic) bond motifs is 3. The zero-order chi connectivity index (χ0) is 24.1. The van der Waals surface area contributed by atoms with Gasteiger partial charge in [0.25, 0.3) is 5.91 Å². The lowest BCUT2D eigenvalue weighted by atomic mass is 10.1. The van der Waals surface area contributed by atoms with Crippen LogP contribution in [0.1, 0.15) is 47.1 Å². The summed E-state index contributed by atoms with van der Waals surface area (Å²) in [6, 6.07) is 3.53. The number of aromatic nitrogens is 3. The molecule has 0 saturated carbocycles. The molecule has 1 amide bonds. The zero-order valence-corrected chi connectivity index (χ0v) is 20.0. The van der Waals surface area contributed by atoms with Gasteiger partial charge >= 0.3 is 0 Å². The largest absolute Gasteiger partial charge is 0.491 e. The fourth-order valence-corrected chi connectivity index (χ4v) is 5.05. The Morgan fingerprint density at radius 1 is 1.32 bits per heavy atom. The number of hydrogen-bond acceptors (Lipinski definition) is 5. The first kappa shape index (κ1) is 23.0. The molecule has 4 heterocycles. The van der Waals surface area contributed by atoms with E-state index in [9.17, 15) is 13.6 Å². The fourth-order valence-electron chi connectivity index (χ4n) is 4.91. The summed E-state index contributed by atoms with van der Waals surface area (Å²) in [7, 11) is 1.87. The van der Waals surface area contributed by atoms with E-state index in [0.29, 0.717) is 35.9 Å². The lowest BCUT2D eigenvalue weighted by Crippen LogP contribution is -2.39. The number of likely N-dealkylation sites (N-methyl/N-ethyl adjacent to an activating group) is 1. The molecule has 0 spiro atoms. The minimum atomic E-state index is -1.03. The van der Waals surface area contributed by atoms with Crippen LogP contribution >= 0.6 is 11.6 Å². The summed E-state index contributed by atoms with van der Waals surface area (Å²) in [5, 5.41) is 5.03. The van der Waals surface area contributed by atoms with Crippen LogP contribution < -0.4 is 4.74 Å². The summed E-state index contributed by atoms with van der Waals surface area (Å²) in [6.07, 6.45) is 1.97. The monoisotopic (exact) mass is 489 g/mol. The van der Waals surface area contributed by atoms with Gasteiger partial charge in [-0.15, -0.1) is 0 Å². The van der Waals surface area contributed by atoms with Gasteiger partial charge in [0.2, 0.25) is 0 Å². The average molecular weight is 490 g/mol. The maximum Gasteiger partial charge on any atom is 0.258 e. The molecule has 1 saturated heterocycles. The molecule has 1 aromatic carbocycles. The van der Waals surface area contributed by atoms with Gasteiger partial charge in [-0.1, -0.05) is 18.5 Å². The number of ether oxygens (including phenoxy) is 1. The van der Waals surface area contributed by atoms with Crippen molar-refractivity contribution in [2.45, 2.75) is 58.0 Å². The number of rotatable bonds is 5. The number of carbonyl (C=O) groups is 1. The minimum Gasteiger partial charge on any atom is -0.491 e. The van der Waals surface area contributed by atoms with E-state index in [1.807, 2.05) is 25.8 Å². The number of aryl methyl sites for hydroxylation is 1. The van der Waals surface area contributed by atoms with E-state index in [1.165, 1.54) is 18.2 Å². The van der Waals surface area contributed by atoms with Crippen molar-refractivity contribution in [1.82, 2.24) is 24.4 Å². The predicted molar refractivity (Wildman–Crippen MR) is 123 cm³/mol. The Kier molecular flexibility index (Phi) is 5.93. The third kappa shape index (κ3) is 3.90. The van der Waals surface area contributed by atoms with Crippen molar-refractivity contribution in [2.75, 3.05) is 13.7 Å². The molecule has 0 aliphatic carbocycles. The molecule has 0 N–H and O–H groups in total. The maximum absolute atomic E-state index is 14.6. The van der Waals surface area contributed by atoms with Gasteiger partial charge in [-0.2, -0.15) is 5.10 Å². The highest BCUT2D eigenvalue weighted by atomic mass is 35.5. The van der Waals surface area contributed by atoms with Crippen LogP contribution in [0.15, 0.2) is 24.4 Å². The SMILES string of the molecule is CCC1CC(F)C(COc2cc(F)ccc2C(=O)N2Cc3nn4cc(Cl)c(C)nc4c3C2)N1C. The summed E-state index contributed by atoms with van der Waals surface area (Å²) < 4.78 is 36.1. The van der Waals surface area contributed by atoms with Gasteiger partial charge in [-0.25, -0.2) is 18.3 Å². The summed E-state index contributed by atoms with van der Waals surface area (Å²) in [6.45, 7) is 4.49. The smallest absolute Gasteiger partial charge is 0.258 e. The van der Waals surface area contributed by atoms with Crippen LogP contribution in [0.25, 0.3) is 5.65 Å². The second kappa shape index (κ2) is 8.78. The highest BCUT2D eigenvalue weighted by Crippen LogP contribution is 2.32. The van der Waals surface area contributed by atoms with E-state index in [4.69, 9.17) is 16.3 Å². The quantitative estimate of drug-likeness (QED) is 0.538. The number of amides is 1. The van der Waals surface area contributed by atoms with Crippen molar-refractivity contribution in [3.8, 4) is 5.75 Å². The summed E-state index contributed by atoms with van der Waals surface area (Å²) >= 11 is 6.15. The second-order valence-corrected chi connectivity index (χ2v) is 9.43. The summed E-state index contributed by atoms with van der Waals surface area (Å²) in [5.74, 6) is -0.710. The molecule has 3 unspecified atom stereocenters. The lowest BCUT2D eigenvalue weighted by molar-refractivity contribution is 0.0741. The number of alkyl halides is 1. The Balaban J connectivity index is 1.35. The highest BCUT2D eigenvalue weighted by Gasteiger charge is 2.39. The number of likely N-dealkylation sites (tertiary alicyclic amines) is 1. The van der Waals surface area contributed by atoms with Crippen LogP contribution in [0.5, 0.6) is 5.75 Å². The Morgan fingerprint density at radius 3 is 2.85 bits per heavy atom. The third-order valence-electron chi connectivity index (χ3n) is 6.96. The number of benzene rings is 1. The van der Waals surface area contributed by atoms with Gasteiger partial charge in [0.1, 0.15) is 24.3 Å². The van der Waals surface area contributed by atoms with Crippen molar-refractivity contribution in [2.24, 2.45) is 0 Å². The van der Waals surface area contributed by atoms with Crippen molar-refractivity contribution < 1.29 is 18.3 Å². The molecule has 180 valence electrons. The molecule has 10 heteroatoms. The van der Waals surface area contributed by atoms with Crippen molar-refractivity contribution in [1.29, 1.82) is 0 Å². The molecule has 34 heavy (non-hydrogen) atoms. The summed E-state index contributed by atoms with van der Waals surface area (Å²) in [4.78, 5) is 21.5. The number of hydrogen-bond donors (Lipinski definition) is 0. The topological polar surface area (TPSA) is 63.0 Å². The number of halogens is 3. The molecule has 0 bridgehead atoms. The fraction of sp³-hybridized carbons (Fsp3) is 0.458. The number of nitrogens with zero attached hydrogens (tertiary/aromatic N) is 5. The van der Waals surface area contributed by atoms with Crippen molar-refractivity contribution >= 4 is 23.2 Å². The molecule has 1 fully saturated rings. The first-order chi connectivity index (χ1) is 16.3. The Morgan fingerprint density at radius 2 is 2.12 bits per heavy atom. The first-order valence-electron chi connectivity index (χ1n) is 11.4. The van der Waals surface area contributed by atoms with Crippen molar-refractivity contribution in [3.05, 3.63) is 57.8 Å². The van der Waals surface area contributed by atoms with Gasteiger partial charge < -0.3 is 9.64 Å². The van der Waals surface area contributed by atoms with E-state index in [1.54, 1.807) is 15.6 Å². The van der Waals surface area contributed by atoms with E-state index in [-0.39, 0.29) is 29.9 Å². The van der Waals surface area contributed by atoms with Gasteiger partial charge in [0, 0.05) is 17.7 Å². The molecule has 0 radical (unpaired) electrons. The predicted octanol–water partition coefficient (Wildman–Crippen LogP) is 4.19. The van der Waals surface area contributed by atoms with Gasteiger partial charge in [0.15, 0.2) is 5.65 Å². The van der Waals surface area contributed by atoms with E-state index < -0.39 is 18.0 Å². The number of carbonyl (C=O) groups excluding carboxylic acids is 1.